The fourth-order valence-electron chi connectivity index (χ4n) is 7.25. The van der Waals surface area contributed by atoms with Gasteiger partial charge in [-0.3, -0.25) is 0 Å². The Morgan fingerprint density at radius 3 is 1.09 bits per heavy atom. The zero-order valence-electron chi connectivity index (χ0n) is 26.0. The fourth-order valence-corrected chi connectivity index (χ4v) is 7.25. The van der Waals surface area contributed by atoms with Gasteiger partial charge in [0.1, 0.15) is 0 Å². The van der Waals surface area contributed by atoms with Crippen molar-refractivity contribution in [3.05, 3.63) is 175 Å². The summed E-state index contributed by atoms with van der Waals surface area (Å²) < 4.78 is 0. The Kier molecular flexibility index (Phi) is 8.60. The van der Waals surface area contributed by atoms with Gasteiger partial charge in [-0.15, -0.1) is 0 Å². The minimum atomic E-state index is 0.0692. The zero-order valence-corrected chi connectivity index (χ0v) is 26.0. The Morgan fingerprint density at radius 2 is 0.644 bits per heavy atom. The first-order valence-electron chi connectivity index (χ1n) is 16.6. The maximum absolute atomic E-state index is 2.41. The van der Waals surface area contributed by atoms with Crippen molar-refractivity contribution in [3.8, 4) is 22.3 Å². The van der Waals surface area contributed by atoms with E-state index in [0.717, 1.165) is 11.4 Å². The quantitative estimate of drug-likeness (QED) is 0.181. The number of nitrogens with zero attached hydrogens (tertiary/aromatic N) is 1. The third-order valence-corrected chi connectivity index (χ3v) is 9.68. The van der Waals surface area contributed by atoms with Crippen LogP contribution in [0.25, 0.3) is 22.3 Å². The molecule has 1 nitrogen and oxygen atoms in total. The summed E-state index contributed by atoms with van der Waals surface area (Å²) in [6, 6.07) is 60.0. The molecule has 0 saturated heterocycles. The first-order chi connectivity index (χ1) is 22.3. The van der Waals surface area contributed by atoms with Crippen LogP contribution in [0.15, 0.2) is 164 Å². The first-order valence-corrected chi connectivity index (χ1v) is 16.6. The largest absolute Gasteiger partial charge is 0.311 e. The summed E-state index contributed by atoms with van der Waals surface area (Å²) in [5.74, 6) is 0. The molecule has 1 aliphatic carbocycles. The van der Waals surface area contributed by atoms with Crippen molar-refractivity contribution in [3.63, 3.8) is 0 Å². The van der Waals surface area contributed by atoms with Gasteiger partial charge in [0.2, 0.25) is 0 Å². The standard InChI is InChI=1S/C44H41N/c1-2-13-33-44(34-14-3-1,39-19-11-6-12-20-39)40-25-31-43(32-26-40)45(41-27-21-37(22-28-41)35-15-7-4-8-16-35)42-29-23-38(24-30-42)36-17-9-5-10-18-36/h4-12,15-32H,1-3,13-14,33-34H2. The van der Waals surface area contributed by atoms with Crippen LogP contribution >= 0.6 is 0 Å². The molecule has 0 amide bonds. The molecule has 0 N–H and O–H groups in total. The third kappa shape index (κ3) is 6.22. The number of rotatable bonds is 7. The maximum atomic E-state index is 2.41. The topological polar surface area (TPSA) is 3.24 Å². The molecule has 0 unspecified atom stereocenters. The van der Waals surface area contributed by atoms with Crippen molar-refractivity contribution in [1.82, 2.24) is 0 Å². The van der Waals surface area contributed by atoms with E-state index in [1.807, 2.05) is 0 Å². The Labute approximate surface area is 268 Å². The Balaban J connectivity index is 1.28. The Bertz CT molecular complexity index is 1680. The summed E-state index contributed by atoms with van der Waals surface area (Å²) in [6.07, 6.45) is 9.01. The van der Waals surface area contributed by atoms with Crippen LogP contribution in [0.2, 0.25) is 0 Å². The van der Waals surface area contributed by atoms with Crippen LogP contribution in [0.1, 0.15) is 56.1 Å². The van der Waals surface area contributed by atoms with Crippen molar-refractivity contribution in [2.75, 3.05) is 4.90 Å². The second-order valence-corrected chi connectivity index (χ2v) is 12.4. The van der Waals surface area contributed by atoms with Crippen LogP contribution in [0.3, 0.4) is 0 Å². The highest BCUT2D eigenvalue weighted by molar-refractivity contribution is 5.80. The minimum Gasteiger partial charge on any atom is -0.311 e. The molecule has 222 valence electrons. The van der Waals surface area contributed by atoms with E-state index in [-0.39, 0.29) is 5.41 Å². The predicted octanol–water partition coefficient (Wildman–Crippen LogP) is 12.5. The van der Waals surface area contributed by atoms with E-state index >= 15 is 0 Å². The van der Waals surface area contributed by atoms with Gasteiger partial charge in [0.25, 0.3) is 0 Å². The van der Waals surface area contributed by atoms with Crippen LogP contribution < -0.4 is 4.90 Å². The molecule has 0 spiro atoms. The van der Waals surface area contributed by atoms with Gasteiger partial charge in [0.05, 0.1) is 0 Å². The van der Waals surface area contributed by atoms with Crippen LogP contribution in [-0.4, -0.2) is 0 Å². The average Bonchev–Trinajstić information content (AvgIpc) is 3.11. The molecule has 1 aliphatic rings. The lowest BCUT2D eigenvalue weighted by Gasteiger charge is -2.37. The molecule has 0 aromatic heterocycles. The molecular formula is C44H41N. The van der Waals surface area contributed by atoms with E-state index in [4.69, 9.17) is 0 Å². The van der Waals surface area contributed by atoms with Gasteiger partial charge >= 0.3 is 0 Å². The SMILES string of the molecule is c1ccc(-c2ccc(N(c3ccc(-c4ccccc4)cc3)c3ccc(C4(c5ccccc5)CCCCCCC4)cc3)cc2)cc1. The number of anilines is 3. The van der Waals surface area contributed by atoms with Gasteiger partial charge in [-0.25, -0.2) is 0 Å². The van der Waals surface area contributed by atoms with E-state index in [0.29, 0.717) is 0 Å². The highest BCUT2D eigenvalue weighted by Crippen LogP contribution is 2.45. The van der Waals surface area contributed by atoms with Crippen LogP contribution in [0.4, 0.5) is 17.1 Å². The molecule has 0 heterocycles. The maximum Gasteiger partial charge on any atom is 0.0462 e. The molecule has 0 atom stereocenters. The van der Waals surface area contributed by atoms with E-state index < -0.39 is 0 Å². The van der Waals surface area contributed by atoms with E-state index in [9.17, 15) is 0 Å². The summed E-state index contributed by atoms with van der Waals surface area (Å²) >= 11 is 0. The zero-order chi connectivity index (χ0) is 30.3. The van der Waals surface area contributed by atoms with E-state index in [1.54, 1.807) is 0 Å². The van der Waals surface area contributed by atoms with Crippen LogP contribution in [0.5, 0.6) is 0 Å². The predicted molar refractivity (Wildman–Crippen MR) is 192 cm³/mol. The normalized spacial score (nSPS) is 14.7. The molecule has 1 saturated carbocycles. The smallest absolute Gasteiger partial charge is 0.0462 e. The Hall–Kier alpha value is -4.88. The fraction of sp³-hybridized carbons (Fsp3) is 0.182. The van der Waals surface area contributed by atoms with Crippen molar-refractivity contribution in [2.45, 2.75) is 50.4 Å². The van der Waals surface area contributed by atoms with Crippen LogP contribution in [0, 0.1) is 0 Å². The molecule has 0 radical (unpaired) electrons. The number of benzene rings is 6. The molecule has 1 fully saturated rings. The lowest BCUT2D eigenvalue weighted by Crippen LogP contribution is -2.29. The second-order valence-electron chi connectivity index (χ2n) is 12.4. The molecule has 0 bridgehead atoms. The van der Waals surface area contributed by atoms with Gasteiger partial charge in [0, 0.05) is 22.5 Å². The second kappa shape index (κ2) is 13.4. The molecule has 6 aromatic rings. The minimum absolute atomic E-state index is 0.0692. The number of hydrogen-bond donors (Lipinski definition) is 0. The van der Waals surface area contributed by atoms with Crippen molar-refractivity contribution < 1.29 is 0 Å². The monoisotopic (exact) mass is 583 g/mol. The van der Waals surface area contributed by atoms with E-state index in [1.165, 1.54) is 84.0 Å². The third-order valence-electron chi connectivity index (χ3n) is 9.68. The Morgan fingerprint density at radius 1 is 0.311 bits per heavy atom. The summed E-state index contributed by atoms with van der Waals surface area (Å²) in [7, 11) is 0. The highest BCUT2D eigenvalue weighted by Gasteiger charge is 2.34. The molecule has 0 aliphatic heterocycles. The molecule has 6 aromatic carbocycles. The molecule has 45 heavy (non-hydrogen) atoms. The number of hydrogen-bond acceptors (Lipinski definition) is 1. The van der Waals surface area contributed by atoms with Gasteiger partial charge in [-0.1, -0.05) is 159 Å². The van der Waals surface area contributed by atoms with Gasteiger partial charge in [0.15, 0.2) is 0 Å². The summed E-state index contributed by atoms with van der Waals surface area (Å²) in [6.45, 7) is 0. The van der Waals surface area contributed by atoms with Gasteiger partial charge in [-0.05, 0) is 82.6 Å². The summed E-state index contributed by atoms with van der Waals surface area (Å²) in [5.41, 5.74) is 11.4. The lowest BCUT2D eigenvalue weighted by molar-refractivity contribution is 0.366. The van der Waals surface area contributed by atoms with E-state index in [2.05, 4.69) is 169 Å². The summed E-state index contributed by atoms with van der Waals surface area (Å²) in [5, 5.41) is 0. The molecular weight excluding hydrogens is 542 g/mol. The van der Waals surface area contributed by atoms with Gasteiger partial charge < -0.3 is 4.90 Å². The molecule has 7 rings (SSSR count). The summed E-state index contributed by atoms with van der Waals surface area (Å²) in [4.78, 5) is 2.39. The first kappa shape index (κ1) is 28.9. The highest BCUT2D eigenvalue weighted by atomic mass is 15.1. The van der Waals surface area contributed by atoms with Gasteiger partial charge in [-0.2, -0.15) is 0 Å². The van der Waals surface area contributed by atoms with Crippen molar-refractivity contribution >= 4 is 17.1 Å². The van der Waals surface area contributed by atoms with Crippen molar-refractivity contribution in [2.24, 2.45) is 0 Å². The van der Waals surface area contributed by atoms with Crippen LogP contribution in [-0.2, 0) is 5.41 Å². The lowest BCUT2D eigenvalue weighted by atomic mass is 9.67. The van der Waals surface area contributed by atoms with Crippen molar-refractivity contribution in [1.29, 1.82) is 0 Å². The average molecular weight is 584 g/mol. The molecule has 1 heteroatoms.